The van der Waals surface area contributed by atoms with Crippen LogP contribution >= 0.6 is 0 Å². The van der Waals surface area contributed by atoms with Crippen molar-refractivity contribution < 1.29 is 14.4 Å². The van der Waals surface area contributed by atoms with Crippen LogP contribution in [-0.2, 0) is 9.59 Å². The third-order valence-electron chi connectivity index (χ3n) is 4.38. The first-order valence-corrected chi connectivity index (χ1v) is 8.47. The molecular formula is C19H19N5O3. The van der Waals surface area contributed by atoms with E-state index in [-0.39, 0.29) is 11.6 Å². The molecule has 1 aliphatic carbocycles. The van der Waals surface area contributed by atoms with Crippen LogP contribution in [0.4, 0.5) is 5.69 Å². The van der Waals surface area contributed by atoms with E-state index in [2.05, 4.69) is 21.1 Å². The molecule has 0 saturated carbocycles. The topological polar surface area (TPSA) is 103 Å². The van der Waals surface area contributed by atoms with E-state index < -0.39 is 17.7 Å². The SMILES string of the molecule is CCN(C)c1ccc(C(=O)N=NC(=O)C2=C3C=CC=CC3C(=O)NN2)cc1. The summed E-state index contributed by atoms with van der Waals surface area (Å²) in [4.78, 5) is 38.3. The van der Waals surface area contributed by atoms with E-state index in [9.17, 15) is 14.4 Å². The normalized spacial score (nSPS) is 18.1. The van der Waals surface area contributed by atoms with Crippen molar-refractivity contribution in [1.82, 2.24) is 10.9 Å². The molecule has 8 nitrogen and oxygen atoms in total. The lowest BCUT2D eigenvalue weighted by atomic mass is 9.91. The van der Waals surface area contributed by atoms with Crippen molar-refractivity contribution in [2.75, 3.05) is 18.5 Å². The van der Waals surface area contributed by atoms with E-state index in [0.29, 0.717) is 11.1 Å². The summed E-state index contributed by atoms with van der Waals surface area (Å²) in [6.07, 6.45) is 6.78. The van der Waals surface area contributed by atoms with Crippen LogP contribution < -0.4 is 15.8 Å². The molecule has 0 aromatic heterocycles. The molecule has 27 heavy (non-hydrogen) atoms. The second-order valence-corrected chi connectivity index (χ2v) is 6.04. The number of carbonyl (C=O) groups is 3. The molecule has 1 aromatic carbocycles. The number of azo groups is 1. The van der Waals surface area contributed by atoms with Crippen molar-refractivity contribution in [1.29, 1.82) is 0 Å². The van der Waals surface area contributed by atoms with E-state index in [4.69, 9.17) is 0 Å². The van der Waals surface area contributed by atoms with Gasteiger partial charge in [-0.1, -0.05) is 24.3 Å². The van der Waals surface area contributed by atoms with Crippen LogP contribution in [0.25, 0.3) is 0 Å². The molecular weight excluding hydrogens is 346 g/mol. The molecule has 1 atom stereocenters. The van der Waals surface area contributed by atoms with Crippen LogP contribution in [0.3, 0.4) is 0 Å². The van der Waals surface area contributed by atoms with Crippen LogP contribution in [0, 0.1) is 5.92 Å². The van der Waals surface area contributed by atoms with Crippen LogP contribution in [0.5, 0.6) is 0 Å². The first-order valence-electron chi connectivity index (χ1n) is 8.47. The molecule has 8 heteroatoms. The van der Waals surface area contributed by atoms with Crippen molar-refractivity contribution in [3.8, 4) is 0 Å². The minimum atomic E-state index is -0.731. The van der Waals surface area contributed by atoms with Gasteiger partial charge in [-0.3, -0.25) is 25.2 Å². The molecule has 1 heterocycles. The lowest BCUT2D eigenvalue weighted by Gasteiger charge is -2.25. The number of amides is 3. The van der Waals surface area contributed by atoms with E-state index >= 15 is 0 Å². The molecule has 0 radical (unpaired) electrons. The second-order valence-electron chi connectivity index (χ2n) is 6.04. The van der Waals surface area contributed by atoms with Crippen LogP contribution in [0.2, 0.25) is 0 Å². The van der Waals surface area contributed by atoms with Crippen molar-refractivity contribution >= 4 is 23.4 Å². The highest BCUT2D eigenvalue weighted by atomic mass is 16.2. The van der Waals surface area contributed by atoms with Gasteiger partial charge in [-0.2, -0.15) is 0 Å². The Bertz CT molecular complexity index is 896. The number of hydrogen-bond donors (Lipinski definition) is 2. The summed E-state index contributed by atoms with van der Waals surface area (Å²) in [6.45, 7) is 2.87. The van der Waals surface area contributed by atoms with Gasteiger partial charge in [0.15, 0.2) is 0 Å². The quantitative estimate of drug-likeness (QED) is 0.793. The summed E-state index contributed by atoms with van der Waals surface area (Å²) in [5.74, 6) is -2.18. The zero-order chi connectivity index (χ0) is 19.4. The molecule has 1 unspecified atom stereocenters. The molecule has 0 fully saturated rings. The summed E-state index contributed by atoms with van der Waals surface area (Å²) in [6, 6.07) is 6.89. The fourth-order valence-corrected chi connectivity index (χ4v) is 2.70. The zero-order valence-electron chi connectivity index (χ0n) is 15.0. The van der Waals surface area contributed by atoms with Gasteiger partial charge >= 0.3 is 5.91 Å². The third-order valence-corrected chi connectivity index (χ3v) is 4.38. The number of nitrogens with one attached hydrogen (secondary N) is 2. The van der Waals surface area contributed by atoms with Gasteiger partial charge in [0.1, 0.15) is 5.70 Å². The van der Waals surface area contributed by atoms with Gasteiger partial charge in [-0.05, 0) is 36.8 Å². The predicted octanol–water partition coefficient (Wildman–Crippen LogP) is 1.89. The zero-order valence-corrected chi connectivity index (χ0v) is 15.0. The van der Waals surface area contributed by atoms with E-state index in [0.717, 1.165) is 12.2 Å². The van der Waals surface area contributed by atoms with Crippen molar-refractivity contribution in [3.05, 3.63) is 65.4 Å². The van der Waals surface area contributed by atoms with Crippen LogP contribution in [0.1, 0.15) is 17.3 Å². The Balaban J connectivity index is 1.74. The Morgan fingerprint density at radius 3 is 2.48 bits per heavy atom. The maximum absolute atomic E-state index is 12.3. The number of rotatable bonds is 4. The summed E-state index contributed by atoms with van der Waals surface area (Å²) in [5.41, 5.74) is 6.83. The van der Waals surface area contributed by atoms with Gasteiger partial charge in [0, 0.05) is 24.8 Å². The smallest absolute Gasteiger partial charge is 0.313 e. The molecule has 138 valence electrons. The summed E-state index contributed by atoms with van der Waals surface area (Å²) >= 11 is 0. The summed E-state index contributed by atoms with van der Waals surface area (Å²) in [5, 5.41) is 7.03. The Labute approximate surface area is 156 Å². The van der Waals surface area contributed by atoms with E-state index in [1.54, 1.807) is 48.6 Å². The number of nitrogens with zero attached hydrogens (tertiary/aromatic N) is 3. The molecule has 0 spiro atoms. The minimum absolute atomic E-state index is 0.0941. The first kappa shape index (κ1) is 18.2. The van der Waals surface area contributed by atoms with E-state index in [1.807, 2.05) is 18.9 Å². The predicted molar refractivity (Wildman–Crippen MR) is 99.7 cm³/mol. The molecule has 1 aromatic rings. The molecule has 0 bridgehead atoms. The molecule has 2 aliphatic rings. The monoisotopic (exact) mass is 365 g/mol. The maximum Gasteiger partial charge on any atom is 0.313 e. The Morgan fingerprint density at radius 2 is 1.78 bits per heavy atom. The Kier molecular flexibility index (Phi) is 5.25. The minimum Gasteiger partial charge on any atom is -0.375 e. The number of benzene rings is 1. The van der Waals surface area contributed by atoms with Gasteiger partial charge in [-0.25, -0.2) is 0 Å². The van der Waals surface area contributed by atoms with Gasteiger partial charge < -0.3 is 4.90 Å². The Hall–Kier alpha value is -3.55. The molecule has 2 N–H and O–H groups in total. The molecule has 3 rings (SSSR count). The van der Waals surface area contributed by atoms with Crippen molar-refractivity contribution in [3.63, 3.8) is 0 Å². The number of anilines is 1. The molecule has 1 aliphatic heterocycles. The average molecular weight is 365 g/mol. The van der Waals surface area contributed by atoms with Gasteiger partial charge in [0.25, 0.3) is 5.91 Å². The van der Waals surface area contributed by atoms with Crippen molar-refractivity contribution in [2.24, 2.45) is 16.1 Å². The number of fused-ring (bicyclic) bond motifs is 1. The van der Waals surface area contributed by atoms with Gasteiger partial charge in [0.2, 0.25) is 5.91 Å². The summed E-state index contributed by atoms with van der Waals surface area (Å²) < 4.78 is 0. The third kappa shape index (κ3) is 3.84. The van der Waals surface area contributed by atoms with Crippen LogP contribution in [-0.4, -0.2) is 31.3 Å². The molecule has 0 saturated heterocycles. The lowest BCUT2D eigenvalue weighted by molar-refractivity contribution is -0.124. The Morgan fingerprint density at radius 1 is 1.07 bits per heavy atom. The van der Waals surface area contributed by atoms with E-state index in [1.165, 1.54) is 0 Å². The summed E-state index contributed by atoms with van der Waals surface area (Å²) in [7, 11) is 1.95. The highest BCUT2D eigenvalue weighted by Crippen LogP contribution is 2.24. The first-order chi connectivity index (χ1) is 13.0. The van der Waals surface area contributed by atoms with Gasteiger partial charge in [0.05, 0.1) is 5.92 Å². The number of carbonyl (C=O) groups excluding carboxylic acids is 3. The average Bonchev–Trinajstić information content (AvgIpc) is 2.71. The second kappa shape index (κ2) is 7.77. The fourth-order valence-electron chi connectivity index (χ4n) is 2.70. The highest BCUT2D eigenvalue weighted by Gasteiger charge is 2.30. The van der Waals surface area contributed by atoms with Crippen LogP contribution in [0.15, 0.2) is 70.1 Å². The number of hydrazine groups is 1. The molecule has 3 amide bonds. The van der Waals surface area contributed by atoms with Gasteiger partial charge in [-0.15, -0.1) is 10.2 Å². The lowest BCUT2D eigenvalue weighted by Crippen LogP contribution is -2.47. The largest absolute Gasteiger partial charge is 0.375 e. The highest BCUT2D eigenvalue weighted by molar-refractivity contribution is 6.01. The maximum atomic E-state index is 12.3. The standard InChI is InChI=1S/C19H19N5O3/c1-3-24(2)13-10-8-12(9-11-13)17(25)21-23-19(27)16-14-6-4-5-7-15(14)18(26)22-20-16/h4-11,15,20H,3H2,1-2H3,(H,22,26). The van der Waals surface area contributed by atoms with Crippen molar-refractivity contribution in [2.45, 2.75) is 6.92 Å². The number of hydrogen-bond acceptors (Lipinski definition) is 5. The fraction of sp³-hybridized carbons (Fsp3) is 0.211. The number of allylic oxidation sites excluding steroid dienone is 3.